The minimum atomic E-state index is -0.618. The van der Waals surface area contributed by atoms with Crippen LogP contribution in [0, 0.1) is 12.8 Å². The van der Waals surface area contributed by atoms with Gasteiger partial charge in [-0.1, -0.05) is 19.0 Å². The number of hydrogen-bond acceptors (Lipinski definition) is 5. The van der Waals surface area contributed by atoms with Crippen LogP contribution in [0.3, 0.4) is 0 Å². The molecule has 2 heterocycles. The molecule has 2 rings (SSSR count). The van der Waals surface area contributed by atoms with Gasteiger partial charge in [-0.2, -0.15) is 4.98 Å². The third-order valence-electron chi connectivity index (χ3n) is 3.53. The second kappa shape index (κ2) is 7.24. The van der Waals surface area contributed by atoms with Crippen LogP contribution in [0.1, 0.15) is 32.0 Å². The summed E-state index contributed by atoms with van der Waals surface area (Å²) in [6.07, 6.45) is 1.13. The van der Waals surface area contributed by atoms with Crippen LogP contribution >= 0.6 is 0 Å². The van der Waals surface area contributed by atoms with E-state index in [0.29, 0.717) is 37.3 Å². The molecule has 122 valence electrons. The second-order valence-electron chi connectivity index (χ2n) is 5.85. The molecule has 1 aliphatic rings. The van der Waals surface area contributed by atoms with Crippen molar-refractivity contribution in [3.8, 4) is 0 Å². The van der Waals surface area contributed by atoms with Crippen molar-refractivity contribution in [1.29, 1.82) is 0 Å². The molecular formula is C14H23N5O3. The molecule has 0 aromatic carbocycles. The van der Waals surface area contributed by atoms with Crippen LogP contribution in [0.4, 0.5) is 4.79 Å². The van der Waals surface area contributed by atoms with Gasteiger partial charge >= 0.3 is 6.03 Å². The minimum Gasteiger partial charge on any atom is -0.353 e. The molecule has 8 heteroatoms. The van der Waals surface area contributed by atoms with Gasteiger partial charge in [0.25, 0.3) is 0 Å². The number of nitrogens with zero attached hydrogens (tertiary/aromatic N) is 3. The number of nitrogens with one attached hydrogen (secondary N) is 2. The lowest BCUT2D eigenvalue weighted by Crippen LogP contribution is -2.60. The van der Waals surface area contributed by atoms with E-state index in [-0.39, 0.29) is 18.4 Å². The zero-order valence-electron chi connectivity index (χ0n) is 13.3. The molecule has 8 nitrogen and oxygen atoms in total. The third-order valence-corrected chi connectivity index (χ3v) is 3.53. The van der Waals surface area contributed by atoms with Gasteiger partial charge in [0.1, 0.15) is 6.04 Å². The van der Waals surface area contributed by atoms with Crippen molar-refractivity contribution >= 4 is 11.9 Å². The van der Waals surface area contributed by atoms with Crippen LogP contribution in [-0.2, 0) is 11.2 Å². The number of piperazine rings is 1. The van der Waals surface area contributed by atoms with E-state index in [0.717, 1.165) is 6.42 Å². The highest BCUT2D eigenvalue weighted by Gasteiger charge is 2.34. The molecule has 0 aliphatic carbocycles. The molecular weight excluding hydrogens is 286 g/mol. The first-order chi connectivity index (χ1) is 10.5. The molecule has 1 unspecified atom stereocenters. The fourth-order valence-corrected chi connectivity index (χ4v) is 2.32. The van der Waals surface area contributed by atoms with E-state index in [4.69, 9.17) is 4.52 Å². The lowest BCUT2D eigenvalue weighted by Gasteiger charge is -2.34. The number of rotatable bonds is 5. The molecule has 0 radical (unpaired) electrons. The summed E-state index contributed by atoms with van der Waals surface area (Å²) in [6, 6.07) is -0.843. The van der Waals surface area contributed by atoms with Crippen LogP contribution in [0.25, 0.3) is 0 Å². The molecule has 3 amide bonds. The van der Waals surface area contributed by atoms with Crippen LogP contribution in [-0.4, -0.2) is 52.7 Å². The van der Waals surface area contributed by atoms with Crippen molar-refractivity contribution in [2.75, 3.05) is 19.6 Å². The van der Waals surface area contributed by atoms with E-state index in [1.807, 2.05) is 0 Å². The molecule has 1 aromatic heterocycles. The molecule has 22 heavy (non-hydrogen) atoms. The average Bonchev–Trinajstić information content (AvgIpc) is 2.86. The molecule has 1 saturated heterocycles. The first kappa shape index (κ1) is 16.3. The Bertz CT molecular complexity index is 528. The second-order valence-corrected chi connectivity index (χ2v) is 5.85. The van der Waals surface area contributed by atoms with Crippen LogP contribution in [0.5, 0.6) is 0 Å². The predicted molar refractivity (Wildman–Crippen MR) is 79.1 cm³/mol. The van der Waals surface area contributed by atoms with Gasteiger partial charge in [-0.05, 0) is 19.3 Å². The van der Waals surface area contributed by atoms with E-state index in [1.165, 1.54) is 0 Å². The summed E-state index contributed by atoms with van der Waals surface area (Å²) in [6.45, 7) is 7.43. The highest BCUT2D eigenvalue weighted by molar-refractivity contribution is 5.88. The van der Waals surface area contributed by atoms with Crippen molar-refractivity contribution in [1.82, 2.24) is 25.7 Å². The molecule has 1 fully saturated rings. The first-order valence-corrected chi connectivity index (χ1v) is 7.58. The van der Waals surface area contributed by atoms with Crippen molar-refractivity contribution < 1.29 is 14.1 Å². The summed E-state index contributed by atoms with van der Waals surface area (Å²) in [4.78, 5) is 30.0. The maximum Gasteiger partial charge on any atom is 0.318 e. The zero-order valence-corrected chi connectivity index (χ0v) is 13.3. The Kier molecular flexibility index (Phi) is 5.35. The average molecular weight is 309 g/mol. The fourth-order valence-electron chi connectivity index (χ4n) is 2.32. The maximum atomic E-state index is 12.3. The summed E-state index contributed by atoms with van der Waals surface area (Å²) in [5, 5.41) is 9.34. The van der Waals surface area contributed by atoms with Gasteiger partial charge in [0, 0.05) is 19.6 Å². The number of aryl methyl sites for hydroxylation is 1. The van der Waals surface area contributed by atoms with Gasteiger partial charge in [0.2, 0.25) is 11.8 Å². The van der Waals surface area contributed by atoms with E-state index >= 15 is 0 Å². The number of amides is 3. The molecule has 2 N–H and O–H groups in total. The summed E-state index contributed by atoms with van der Waals surface area (Å²) in [5.74, 6) is 1.20. The van der Waals surface area contributed by atoms with Crippen LogP contribution < -0.4 is 10.6 Å². The Morgan fingerprint density at radius 1 is 1.55 bits per heavy atom. The Labute approximate surface area is 129 Å². The third kappa shape index (κ3) is 4.19. The number of carbonyl (C=O) groups is 2. The number of aromatic nitrogens is 2. The van der Waals surface area contributed by atoms with Crippen molar-refractivity contribution in [3.05, 3.63) is 11.7 Å². The Morgan fingerprint density at radius 3 is 2.95 bits per heavy atom. The van der Waals surface area contributed by atoms with Crippen molar-refractivity contribution in [2.24, 2.45) is 5.92 Å². The number of urea groups is 1. The maximum absolute atomic E-state index is 12.3. The molecule has 0 spiro atoms. The van der Waals surface area contributed by atoms with E-state index < -0.39 is 6.04 Å². The highest BCUT2D eigenvalue weighted by Crippen LogP contribution is 2.11. The van der Waals surface area contributed by atoms with E-state index in [2.05, 4.69) is 34.6 Å². The van der Waals surface area contributed by atoms with Crippen molar-refractivity contribution in [2.45, 2.75) is 39.7 Å². The minimum absolute atomic E-state index is 0.193. The SMILES string of the molecule is Cc1noc(CC2C(=O)NCCN2C(=O)NCCC(C)C)n1. The standard InChI is InChI=1S/C14H23N5O3/c1-9(2)4-5-16-14(21)19-7-6-15-13(20)11(19)8-12-17-10(3)18-22-12/h9,11H,4-8H2,1-3H3,(H,15,20)(H,16,21). The highest BCUT2D eigenvalue weighted by atomic mass is 16.5. The quantitative estimate of drug-likeness (QED) is 0.824. The van der Waals surface area contributed by atoms with Crippen LogP contribution in [0.2, 0.25) is 0 Å². The zero-order chi connectivity index (χ0) is 16.1. The molecule has 0 bridgehead atoms. The smallest absolute Gasteiger partial charge is 0.318 e. The van der Waals surface area contributed by atoms with Gasteiger partial charge in [-0.15, -0.1) is 0 Å². The molecule has 1 aliphatic heterocycles. The van der Waals surface area contributed by atoms with Crippen molar-refractivity contribution in [3.63, 3.8) is 0 Å². The lowest BCUT2D eigenvalue weighted by molar-refractivity contribution is -0.127. The van der Waals surface area contributed by atoms with Gasteiger partial charge in [-0.3, -0.25) is 4.79 Å². The lowest BCUT2D eigenvalue weighted by atomic mass is 10.1. The molecule has 1 atom stereocenters. The Balaban J connectivity index is 1.99. The Hall–Kier alpha value is -2.12. The van der Waals surface area contributed by atoms with E-state index in [9.17, 15) is 9.59 Å². The Morgan fingerprint density at radius 2 is 2.32 bits per heavy atom. The van der Waals surface area contributed by atoms with Crippen LogP contribution in [0.15, 0.2) is 4.52 Å². The summed E-state index contributed by atoms with van der Waals surface area (Å²) in [5.41, 5.74) is 0. The number of carbonyl (C=O) groups excluding carboxylic acids is 2. The van der Waals surface area contributed by atoms with Gasteiger partial charge < -0.3 is 20.1 Å². The van der Waals surface area contributed by atoms with Gasteiger partial charge in [0.05, 0.1) is 6.42 Å². The number of hydrogen-bond donors (Lipinski definition) is 2. The summed E-state index contributed by atoms with van der Waals surface area (Å²) in [7, 11) is 0. The fraction of sp³-hybridized carbons (Fsp3) is 0.714. The normalized spacial score (nSPS) is 18.5. The molecule has 0 saturated carbocycles. The predicted octanol–water partition coefficient (Wildman–Crippen LogP) is 0.477. The topological polar surface area (TPSA) is 100 Å². The monoisotopic (exact) mass is 309 g/mol. The first-order valence-electron chi connectivity index (χ1n) is 7.58. The van der Waals surface area contributed by atoms with Gasteiger partial charge in [-0.25, -0.2) is 4.79 Å². The largest absolute Gasteiger partial charge is 0.353 e. The summed E-state index contributed by atoms with van der Waals surface area (Å²) >= 11 is 0. The molecule has 1 aromatic rings. The summed E-state index contributed by atoms with van der Waals surface area (Å²) < 4.78 is 5.06. The van der Waals surface area contributed by atoms with E-state index in [1.54, 1.807) is 11.8 Å². The van der Waals surface area contributed by atoms with Gasteiger partial charge in [0.15, 0.2) is 5.82 Å².